The van der Waals surface area contributed by atoms with Gasteiger partial charge in [-0.1, -0.05) is 11.8 Å². The Kier molecular flexibility index (Phi) is 8.24. The van der Waals surface area contributed by atoms with Crippen molar-refractivity contribution in [2.45, 2.75) is 44.5 Å². The number of carboxylic acids is 1. The summed E-state index contributed by atoms with van der Waals surface area (Å²) in [6.45, 7) is 1.53. The van der Waals surface area contributed by atoms with E-state index in [0.29, 0.717) is 0 Å². The molecule has 6 nitrogen and oxygen atoms in total. The van der Waals surface area contributed by atoms with Crippen molar-refractivity contribution in [2.75, 3.05) is 26.6 Å². The van der Waals surface area contributed by atoms with Crippen molar-refractivity contribution in [3.8, 4) is 0 Å². The molecule has 1 saturated carbocycles. The summed E-state index contributed by atoms with van der Waals surface area (Å²) in [7, 11) is 3.31. The maximum absolute atomic E-state index is 11.2. The summed E-state index contributed by atoms with van der Waals surface area (Å²) >= 11 is 1.02. The average molecular weight is 320 g/mol. The summed E-state index contributed by atoms with van der Waals surface area (Å²) in [6, 6.07) is 0. The first-order valence-electron chi connectivity index (χ1n) is 6.99. The maximum atomic E-state index is 11.2. The number of carbonyl (C=O) groups is 2. The Morgan fingerprint density at radius 3 is 2.10 bits per heavy atom. The zero-order valence-corrected chi connectivity index (χ0v) is 13.6. The van der Waals surface area contributed by atoms with Crippen molar-refractivity contribution in [3.05, 3.63) is 0 Å². The third-order valence-electron chi connectivity index (χ3n) is 3.61. The van der Waals surface area contributed by atoms with Gasteiger partial charge < -0.3 is 19.3 Å². The van der Waals surface area contributed by atoms with Gasteiger partial charge in [0.15, 0.2) is 5.12 Å². The molecule has 7 heteroatoms. The summed E-state index contributed by atoms with van der Waals surface area (Å²) in [5.74, 6) is -1.38. The highest BCUT2D eigenvalue weighted by Crippen LogP contribution is 2.26. The Morgan fingerprint density at radius 1 is 1.14 bits per heavy atom. The third-order valence-corrected chi connectivity index (χ3v) is 4.59. The topological polar surface area (TPSA) is 82.1 Å². The summed E-state index contributed by atoms with van der Waals surface area (Å²) < 4.78 is 16.5. The van der Waals surface area contributed by atoms with Crippen LogP contribution >= 0.6 is 11.8 Å². The number of ether oxygens (including phenoxy) is 3. The lowest BCUT2D eigenvalue weighted by Crippen LogP contribution is -2.38. The van der Waals surface area contributed by atoms with Gasteiger partial charge in [0.25, 0.3) is 0 Å². The van der Waals surface area contributed by atoms with Crippen molar-refractivity contribution < 1.29 is 28.9 Å². The summed E-state index contributed by atoms with van der Waals surface area (Å²) in [5.41, 5.74) is 0. The Morgan fingerprint density at radius 2 is 1.67 bits per heavy atom. The fourth-order valence-electron chi connectivity index (χ4n) is 2.35. The van der Waals surface area contributed by atoms with Crippen LogP contribution < -0.4 is 0 Å². The van der Waals surface area contributed by atoms with E-state index < -0.39 is 11.9 Å². The molecule has 0 spiro atoms. The molecule has 0 aromatic carbocycles. The lowest BCUT2D eigenvalue weighted by molar-refractivity contribution is -0.145. The molecule has 21 heavy (non-hydrogen) atoms. The predicted octanol–water partition coefficient (Wildman–Crippen LogP) is 1.57. The van der Waals surface area contributed by atoms with Crippen molar-refractivity contribution in [1.29, 1.82) is 0 Å². The fraction of sp³-hybridized carbons (Fsp3) is 0.857. The zero-order chi connectivity index (χ0) is 15.8. The van der Waals surface area contributed by atoms with Gasteiger partial charge in [-0.05, 0) is 19.3 Å². The van der Waals surface area contributed by atoms with Crippen LogP contribution in [-0.2, 0) is 23.8 Å². The molecular formula is C14H24O6S. The van der Waals surface area contributed by atoms with Crippen molar-refractivity contribution in [1.82, 2.24) is 0 Å². The molecule has 1 aliphatic rings. The molecule has 0 aliphatic heterocycles. The molecule has 3 atom stereocenters. The van der Waals surface area contributed by atoms with Crippen LogP contribution in [0.2, 0.25) is 0 Å². The first kappa shape index (κ1) is 18.4. The average Bonchev–Trinajstić information content (AvgIpc) is 2.46. The monoisotopic (exact) mass is 320 g/mol. The molecule has 0 bridgehead atoms. The van der Waals surface area contributed by atoms with Crippen molar-refractivity contribution >= 4 is 22.8 Å². The fourth-order valence-corrected chi connectivity index (χ4v) is 3.02. The first-order chi connectivity index (χ1) is 9.96. The first-order valence-corrected chi connectivity index (χ1v) is 7.98. The van der Waals surface area contributed by atoms with E-state index in [1.165, 1.54) is 6.92 Å². The molecule has 3 unspecified atom stereocenters. The van der Waals surface area contributed by atoms with Gasteiger partial charge in [-0.2, -0.15) is 0 Å². The second kappa shape index (κ2) is 9.40. The second-order valence-corrected chi connectivity index (χ2v) is 6.41. The van der Waals surface area contributed by atoms with Crippen molar-refractivity contribution in [3.63, 3.8) is 0 Å². The molecule has 0 aromatic heterocycles. The van der Waals surface area contributed by atoms with Gasteiger partial charge in [0.2, 0.25) is 0 Å². The molecule has 0 heterocycles. The van der Waals surface area contributed by atoms with E-state index >= 15 is 0 Å². The van der Waals surface area contributed by atoms with Gasteiger partial charge in [0.05, 0.1) is 30.8 Å². The van der Waals surface area contributed by atoms with Crippen LogP contribution in [0.5, 0.6) is 0 Å². The zero-order valence-electron chi connectivity index (χ0n) is 12.7. The molecule has 1 aliphatic carbocycles. The number of carboxylic acid groups (broad SMARTS) is 1. The van der Waals surface area contributed by atoms with E-state index in [2.05, 4.69) is 0 Å². The normalized spacial score (nSPS) is 27.3. The lowest BCUT2D eigenvalue weighted by Gasteiger charge is -2.33. The van der Waals surface area contributed by atoms with E-state index in [1.807, 2.05) is 0 Å². The molecular weight excluding hydrogens is 296 g/mol. The smallest absolute Gasteiger partial charge is 0.309 e. The quantitative estimate of drug-likeness (QED) is 0.727. The Bertz CT molecular complexity index is 336. The van der Waals surface area contributed by atoms with Gasteiger partial charge in [-0.3, -0.25) is 9.59 Å². The number of carbonyl (C=O) groups excluding carboxylic acids is 1. The number of thioether (sulfide) groups is 1. The number of aliphatic carboxylic acids is 1. The molecule has 0 radical (unpaired) electrons. The number of hydrogen-bond donors (Lipinski definition) is 1. The van der Waals surface area contributed by atoms with Gasteiger partial charge in [0, 0.05) is 26.9 Å². The maximum Gasteiger partial charge on any atom is 0.309 e. The Labute approximate surface area is 129 Å². The predicted molar refractivity (Wildman–Crippen MR) is 79.4 cm³/mol. The second-order valence-electron chi connectivity index (χ2n) is 5.22. The summed E-state index contributed by atoms with van der Waals surface area (Å²) in [5, 5.41) is 9.07. The van der Waals surface area contributed by atoms with Crippen LogP contribution in [0.3, 0.4) is 0 Å². The van der Waals surface area contributed by atoms with Crippen LogP contribution in [0.25, 0.3) is 0 Å². The molecule has 122 valence electrons. The Hall–Kier alpha value is -0.630. The molecule has 1 rings (SSSR count). The van der Waals surface area contributed by atoms with Crippen LogP contribution in [-0.4, -0.2) is 61.1 Å². The van der Waals surface area contributed by atoms with E-state index in [9.17, 15) is 9.59 Å². The van der Waals surface area contributed by atoms with E-state index in [1.54, 1.807) is 14.2 Å². The largest absolute Gasteiger partial charge is 0.481 e. The van der Waals surface area contributed by atoms with Crippen LogP contribution in [0.15, 0.2) is 0 Å². The Balaban J connectivity index is 2.46. The van der Waals surface area contributed by atoms with E-state index in [0.717, 1.165) is 31.0 Å². The minimum Gasteiger partial charge on any atom is -0.481 e. The molecule has 1 fully saturated rings. The highest BCUT2D eigenvalue weighted by atomic mass is 32.2. The SMILES string of the molecule is COC1CC(OC)CC(OCC(CSC(C)=O)C(=O)O)C1. The highest BCUT2D eigenvalue weighted by molar-refractivity contribution is 8.13. The van der Waals surface area contributed by atoms with Crippen LogP contribution in [0.4, 0.5) is 0 Å². The number of methoxy groups -OCH3 is 2. The van der Waals surface area contributed by atoms with Gasteiger partial charge in [0.1, 0.15) is 0 Å². The van der Waals surface area contributed by atoms with E-state index in [-0.39, 0.29) is 35.8 Å². The minimum absolute atomic E-state index is 0.0715. The lowest BCUT2D eigenvalue weighted by atomic mass is 9.92. The molecule has 0 amide bonds. The minimum atomic E-state index is -0.939. The van der Waals surface area contributed by atoms with Gasteiger partial charge >= 0.3 is 5.97 Å². The standard InChI is InChI=1S/C14H24O6S/c1-9(15)21-8-10(14(16)17)7-20-13-5-11(18-2)4-12(6-13)19-3/h10-13H,4-8H2,1-3H3,(H,16,17). The number of hydrogen-bond acceptors (Lipinski definition) is 6. The van der Waals surface area contributed by atoms with Gasteiger partial charge in [-0.25, -0.2) is 0 Å². The number of rotatable bonds is 8. The summed E-state index contributed by atoms with van der Waals surface area (Å²) in [6.07, 6.45) is 2.38. The molecule has 0 aromatic rings. The van der Waals surface area contributed by atoms with Crippen molar-refractivity contribution in [2.24, 2.45) is 5.92 Å². The van der Waals surface area contributed by atoms with Gasteiger partial charge in [-0.15, -0.1) is 0 Å². The highest BCUT2D eigenvalue weighted by Gasteiger charge is 2.30. The van der Waals surface area contributed by atoms with Crippen LogP contribution in [0, 0.1) is 5.92 Å². The van der Waals surface area contributed by atoms with E-state index in [4.69, 9.17) is 19.3 Å². The third kappa shape index (κ3) is 6.78. The van der Waals surface area contributed by atoms with Crippen LogP contribution in [0.1, 0.15) is 26.2 Å². The molecule has 1 N–H and O–H groups in total. The summed E-state index contributed by atoms with van der Waals surface area (Å²) in [4.78, 5) is 22.1. The molecule has 0 saturated heterocycles.